The summed E-state index contributed by atoms with van der Waals surface area (Å²) in [7, 11) is 0. The van der Waals surface area contributed by atoms with E-state index in [9.17, 15) is 9.59 Å². The normalized spacial score (nSPS) is 9.79. The lowest BCUT2D eigenvalue weighted by Crippen LogP contribution is -2.13. The molecule has 0 spiro atoms. The van der Waals surface area contributed by atoms with Crippen LogP contribution in [0.25, 0.3) is 0 Å². The summed E-state index contributed by atoms with van der Waals surface area (Å²) < 4.78 is 9.59. The van der Waals surface area contributed by atoms with E-state index in [1.807, 2.05) is 0 Å². The summed E-state index contributed by atoms with van der Waals surface area (Å²) in [5, 5.41) is 8.31. The zero-order chi connectivity index (χ0) is 10.8. The number of carboxylic acid groups (broad SMARTS) is 1. The lowest BCUT2D eigenvalue weighted by atomic mass is 10.2. The molecule has 0 aromatic heterocycles. The first-order valence-corrected chi connectivity index (χ1v) is 4.62. The van der Waals surface area contributed by atoms with E-state index >= 15 is 0 Å². The second-order valence-corrected chi connectivity index (χ2v) is 2.71. The van der Waals surface area contributed by atoms with Crippen molar-refractivity contribution in [1.29, 1.82) is 0 Å². The minimum atomic E-state index is -0.810. The fraction of sp³-hybridized carbons (Fsp3) is 0.778. The molecule has 0 aromatic carbocycles. The third kappa shape index (κ3) is 8.99. The minimum Gasteiger partial charge on any atom is -0.481 e. The van der Waals surface area contributed by atoms with Crippen LogP contribution in [0.15, 0.2) is 0 Å². The van der Waals surface area contributed by atoms with Crippen molar-refractivity contribution >= 4 is 11.9 Å². The van der Waals surface area contributed by atoms with Crippen molar-refractivity contribution in [2.75, 3.05) is 19.8 Å². The van der Waals surface area contributed by atoms with Gasteiger partial charge in [0.2, 0.25) is 0 Å². The van der Waals surface area contributed by atoms with Gasteiger partial charge >= 0.3 is 11.9 Å². The number of ether oxygens (including phenoxy) is 2. The predicted octanol–water partition coefficient (Wildman–Crippen LogP) is 0.821. The van der Waals surface area contributed by atoms with Crippen molar-refractivity contribution in [3.63, 3.8) is 0 Å². The molecule has 82 valence electrons. The minimum absolute atomic E-state index is 0.0547. The van der Waals surface area contributed by atoms with Crippen molar-refractivity contribution < 1.29 is 24.2 Å². The molecule has 0 fully saturated rings. The Morgan fingerprint density at radius 1 is 1.29 bits per heavy atom. The Hall–Kier alpha value is -1.10. The Kier molecular flexibility index (Phi) is 7.83. The van der Waals surface area contributed by atoms with Gasteiger partial charge in [-0.1, -0.05) is 0 Å². The molecule has 0 aliphatic rings. The molecule has 0 aromatic rings. The molecule has 0 bridgehead atoms. The molecule has 1 N–H and O–H groups in total. The van der Waals surface area contributed by atoms with E-state index in [0.29, 0.717) is 26.1 Å². The van der Waals surface area contributed by atoms with Crippen LogP contribution in [0.2, 0.25) is 0 Å². The molecule has 5 heteroatoms. The van der Waals surface area contributed by atoms with Gasteiger partial charge in [-0.15, -0.1) is 0 Å². The molecule has 5 nitrogen and oxygen atoms in total. The Bertz CT molecular complexity index is 178. The monoisotopic (exact) mass is 204 g/mol. The quantitative estimate of drug-likeness (QED) is 0.468. The van der Waals surface area contributed by atoms with Gasteiger partial charge in [-0.3, -0.25) is 4.79 Å². The van der Waals surface area contributed by atoms with Gasteiger partial charge in [0.1, 0.15) is 6.61 Å². The summed E-state index contributed by atoms with van der Waals surface area (Å²) in [5.74, 6) is -1.19. The van der Waals surface area contributed by atoms with Crippen LogP contribution in [0, 0.1) is 0 Å². The SMILES string of the molecule is CCOC(=O)COCCCCC(=O)O. The van der Waals surface area contributed by atoms with Crippen LogP contribution in [0.4, 0.5) is 0 Å². The number of carboxylic acids is 1. The van der Waals surface area contributed by atoms with Gasteiger partial charge < -0.3 is 14.6 Å². The Labute approximate surface area is 83.0 Å². The molecule has 0 atom stereocenters. The maximum Gasteiger partial charge on any atom is 0.332 e. The third-order valence-electron chi connectivity index (χ3n) is 1.45. The molecule has 0 aliphatic heterocycles. The summed E-state index contributed by atoms with van der Waals surface area (Å²) in [6.07, 6.45) is 1.35. The van der Waals surface area contributed by atoms with Gasteiger partial charge in [-0.2, -0.15) is 0 Å². The molecule has 0 amide bonds. The van der Waals surface area contributed by atoms with E-state index in [2.05, 4.69) is 4.74 Å². The van der Waals surface area contributed by atoms with Crippen LogP contribution in [0.3, 0.4) is 0 Å². The fourth-order valence-electron chi connectivity index (χ4n) is 0.839. The zero-order valence-electron chi connectivity index (χ0n) is 8.32. The number of carbonyl (C=O) groups excluding carboxylic acids is 1. The molecular weight excluding hydrogens is 188 g/mol. The Balaban J connectivity index is 3.13. The summed E-state index contributed by atoms with van der Waals surface area (Å²) in [6, 6.07) is 0. The molecule has 0 rings (SSSR count). The molecule has 0 unspecified atom stereocenters. The van der Waals surface area contributed by atoms with Crippen LogP contribution in [-0.2, 0) is 19.1 Å². The number of aliphatic carboxylic acids is 1. The van der Waals surface area contributed by atoms with Crippen molar-refractivity contribution in [2.45, 2.75) is 26.2 Å². The fourth-order valence-corrected chi connectivity index (χ4v) is 0.839. The summed E-state index contributed by atoms with van der Waals surface area (Å²) >= 11 is 0. The topological polar surface area (TPSA) is 72.8 Å². The van der Waals surface area contributed by atoms with E-state index in [4.69, 9.17) is 9.84 Å². The summed E-state index contributed by atoms with van der Waals surface area (Å²) in [4.78, 5) is 20.9. The number of rotatable bonds is 8. The lowest BCUT2D eigenvalue weighted by molar-refractivity contribution is -0.148. The largest absolute Gasteiger partial charge is 0.481 e. The first-order chi connectivity index (χ1) is 6.66. The molecule has 14 heavy (non-hydrogen) atoms. The van der Waals surface area contributed by atoms with Crippen LogP contribution in [0.5, 0.6) is 0 Å². The van der Waals surface area contributed by atoms with E-state index in [-0.39, 0.29) is 19.0 Å². The maximum absolute atomic E-state index is 10.7. The smallest absolute Gasteiger partial charge is 0.332 e. The molecule has 0 saturated heterocycles. The molecule has 0 radical (unpaired) electrons. The maximum atomic E-state index is 10.7. The molecular formula is C9H16O5. The highest BCUT2D eigenvalue weighted by atomic mass is 16.6. The second-order valence-electron chi connectivity index (χ2n) is 2.71. The van der Waals surface area contributed by atoms with Crippen molar-refractivity contribution in [3.05, 3.63) is 0 Å². The Morgan fingerprint density at radius 3 is 2.57 bits per heavy atom. The second kappa shape index (κ2) is 8.50. The van der Waals surface area contributed by atoms with Crippen LogP contribution in [0.1, 0.15) is 26.2 Å². The third-order valence-corrected chi connectivity index (χ3v) is 1.45. The number of hydrogen-bond acceptors (Lipinski definition) is 4. The van der Waals surface area contributed by atoms with Gasteiger partial charge in [0.25, 0.3) is 0 Å². The van der Waals surface area contributed by atoms with Crippen molar-refractivity contribution in [1.82, 2.24) is 0 Å². The van der Waals surface area contributed by atoms with Crippen LogP contribution < -0.4 is 0 Å². The summed E-state index contributed by atoms with van der Waals surface area (Å²) in [5.41, 5.74) is 0. The van der Waals surface area contributed by atoms with Crippen LogP contribution in [-0.4, -0.2) is 36.9 Å². The van der Waals surface area contributed by atoms with Gasteiger partial charge in [0, 0.05) is 13.0 Å². The number of esters is 1. The van der Waals surface area contributed by atoms with Gasteiger partial charge in [-0.25, -0.2) is 4.79 Å². The predicted molar refractivity (Wildman–Crippen MR) is 48.9 cm³/mol. The molecule has 0 aliphatic carbocycles. The molecule has 0 heterocycles. The number of hydrogen-bond donors (Lipinski definition) is 1. The van der Waals surface area contributed by atoms with E-state index in [0.717, 1.165) is 0 Å². The first kappa shape index (κ1) is 12.9. The average Bonchev–Trinajstić information content (AvgIpc) is 2.11. The Morgan fingerprint density at radius 2 is 2.00 bits per heavy atom. The number of carbonyl (C=O) groups is 2. The molecule has 0 saturated carbocycles. The van der Waals surface area contributed by atoms with Crippen LogP contribution >= 0.6 is 0 Å². The zero-order valence-corrected chi connectivity index (χ0v) is 8.32. The number of unbranched alkanes of at least 4 members (excludes halogenated alkanes) is 1. The highest BCUT2D eigenvalue weighted by molar-refractivity contribution is 5.70. The summed E-state index contributed by atoms with van der Waals surface area (Å²) in [6.45, 7) is 2.42. The van der Waals surface area contributed by atoms with Crippen molar-refractivity contribution in [2.24, 2.45) is 0 Å². The van der Waals surface area contributed by atoms with Crippen molar-refractivity contribution in [3.8, 4) is 0 Å². The highest BCUT2D eigenvalue weighted by Gasteiger charge is 2.01. The van der Waals surface area contributed by atoms with Gasteiger partial charge in [-0.05, 0) is 19.8 Å². The average molecular weight is 204 g/mol. The lowest BCUT2D eigenvalue weighted by Gasteiger charge is -2.02. The highest BCUT2D eigenvalue weighted by Crippen LogP contribution is 1.95. The van der Waals surface area contributed by atoms with E-state index in [1.54, 1.807) is 6.92 Å². The van der Waals surface area contributed by atoms with Gasteiger partial charge in [0.05, 0.1) is 6.61 Å². The van der Waals surface area contributed by atoms with E-state index in [1.165, 1.54) is 0 Å². The standard InChI is InChI=1S/C9H16O5/c1-2-14-9(12)7-13-6-4-3-5-8(10)11/h2-7H2,1H3,(H,10,11). The first-order valence-electron chi connectivity index (χ1n) is 4.62. The van der Waals surface area contributed by atoms with E-state index < -0.39 is 5.97 Å². The van der Waals surface area contributed by atoms with Gasteiger partial charge in [0.15, 0.2) is 0 Å².